The van der Waals surface area contributed by atoms with Crippen LogP contribution in [0, 0.1) is 5.41 Å². The van der Waals surface area contributed by atoms with Crippen molar-refractivity contribution in [1.82, 2.24) is 10.3 Å². The number of aliphatic carboxylic acids is 1. The van der Waals surface area contributed by atoms with Gasteiger partial charge in [-0.2, -0.15) is 0 Å². The molecule has 1 aromatic rings. The predicted octanol–water partition coefficient (Wildman–Crippen LogP) is 1.83. The standard InChI is InChI=1S/C14H21N3O3S/c1-14(2,12(20)15-3)7-16-13-17-10-8(11(18)19)5-4-6-9(10)21-13/h8H,4-7H2,1-3H3,(H,15,20)(H,16,17)(H,18,19). The van der Waals surface area contributed by atoms with E-state index < -0.39 is 17.3 Å². The first-order valence-corrected chi connectivity index (χ1v) is 7.85. The zero-order chi connectivity index (χ0) is 15.6. The summed E-state index contributed by atoms with van der Waals surface area (Å²) in [5.41, 5.74) is 0.145. The molecule has 6 nitrogen and oxygen atoms in total. The van der Waals surface area contributed by atoms with Gasteiger partial charge in [-0.05, 0) is 33.1 Å². The van der Waals surface area contributed by atoms with Gasteiger partial charge in [0.25, 0.3) is 0 Å². The monoisotopic (exact) mass is 311 g/mol. The molecule has 0 radical (unpaired) electrons. The van der Waals surface area contributed by atoms with Crippen LogP contribution in [0.2, 0.25) is 0 Å². The molecule has 1 aliphatic rings. The van der Waals surface area contributed by atoms with Crippen LogP contribution in [-0.4, -0.2) is 35.6 Å². The van der Waals surface area contributed by atoms with Gasteiger partial charge in [-0.3, -0.25) is 9.59 Å². The molecule has 0 saturated carbocycles. The second-order valence-corrected chi connectivity index (χ2v) is 7.01. The minimum atomic E-state index is -0.807. The first-order chi connectivity index (χ1) is 9.85. The van der Waals surface area contributed by atoms with Gasteiger partial charge >= 0.3 is 5.97 Å². The van der Waals surface area contributed by atoms with Crippen LogP contribution in [0.3, 0.4) is 0 Å². The fourth-order valence-electron chi connectivity index (χ4n) is 2.45. The van der Waals surface area contributed by atoms with Crippen molar-refractivity contribution in [2.45, 2.75) is 39.0 Å². The molecule has 21 heavy (non-hydrogen) atoms. The molecule has 2 rings (SSSR count). The highest BCUT2D eigenvalue weighted by Gasteiger charge is 2.31. The number of thiazole rings is 1. The molecule has 3 N–H and O–H groups in total. The largest absolute Gasteiger partial charge is 0.481 e. The molecule has 0 bridgehead atoms. The van der Waals surface area contributed by atoms with Crippen molar-refractivity contribution in [3.05, 3.63) is 10.6 Å². The summed E-state index contributed by atoms with van der Waals surface area (Å²) >= 11 is 1.50. The smallest absolute Gasteiger partial charge is 0.312 e. The fourth-order valence-corrected chi connectivity index (χ4v) is 3.51. The van der Waals surface area contributed by atoms with Crippen LogP contribution in [0.25, 0.3) is 0 Å². The molecule has 1 amide bonds. The van der Waals surface area contributed by atoms with E-state index in [0.29, 0.717) is 23.8 Å². The van der Waals surface area contributed by atoms with Gasteiger partial charge in [0.1, 0.15) is 5.92 Å². The summed E-state index contributed by atoms with van der Waals surface area (Å²) in [5, 5.41) is 15.8. The molecule has 7 heteroatoms. The van der Waals surface area contributed by atoms with Crippen molar-refractivity contribution in [3.8, 4) is 0 Å². The summed E-state index contributed by atoms with van der Waals surface area (Å²) < 4.78 is 0. The van der Waals surface area contributed by atoms with Gasteiger partial charge in [0, 0.05) is 18.5 Å². The number of fused-ring (bicyclic) bond motifs is 1. The summed E-state index contributed by atoms with van der Waals surface area (Å²) in [7, 11) is 1.61. The molecule has 0 spiro atoms. The Morgan fingerprint density at radius 1 is 1.48 bits per heavy atom. The first-order valence-electron chi connectivity index (χ1n) is 7.03. The second-order valence-electron chi connectivity index (χ2n) is 5.93. The van der Waals surface area contributed by atoms with Crippen molar-refractivity contribution in [2.75, 3.05) is 18.9 Å². The van der Waals surface area contributed by atoms with Gasteiger partial charge in [0.05, 0.1) is 11.1 Å². The number of amides is 1. The van der Waals surface area contributed by atoms with Crippen molar-refractivity contribution in [3.63, 3.8) is 0 Å². The van der Waals surface area contributed by atoms with Crippen molar-refractivity contribution in [1.29, 1.82) is 0 Å². The predicted molar refractivity (Wildman–Crippen MR) is 81.8 cm³/mol. The van der Waals surface area contributed by atoms with E-state index in [-0.39, 0.29) is 5.91 Å². The number of carboxylic acids is 1. The number of carbonyl (C=O) groups excluding carboxylic acids is 1. The highest BCUT2D eigenvalue weighted by atomic mass is 32.1. The van der Waals surface area contributed by atoms with E-state index in [1.165, 1.54) is 11.3 Å². The van der Waals surface area contributed by atoms with Gasteiger partial charge < -0.3 is 15.7 Å². The highest BCUT2D eigenvalue weighted by Crippen LogP contribution is 2.37. The van der Waals surface area contributed by atoms with E-state index in [4.69, 9.17) is 0 Å². The van der Waals surface area contributed by atoms with Crippen molar-refractivity contribution < 1.29 is 14.7 Å². The number of carboxylic acid groups (broad SMARTS) is 1. The van der Waals surface area contributed by atoms with E-state index in [1.54, 1.807) is 7.05 Å². The molecule has 1 atom stereocenters. The van der Waals surface area contributed by atoms with Crippen molar-refractivity contribution >= 4 is 28.3 Å². The summed E-state index contributed by atoms with van der Waals surface area (Å²) in [6.45, 7) is 4.16. The molecular formula is C14H21N3O3S. The number of aryl methyl sites for hydroxylation is 1. The number of nitrogens with zero attached hydrogens (tertiary/aromatic N) is 1. The summed E-state index contributed by atoms with van der Waals surface area (Å²) in [6.07, 6.45) is 2.42. The Bertz CT molecular complexity index is 554. The zero-order valence-corrected chi connectivity index (χ0v) is 13.3. The molecular weight excluding hydrogens is 290 g/mol. The van der Waals surface area contributed by atoms with Gasteiger partial charge in [-0.1, -0.05) is 0 Å². The second kappa shape index (κ2) is 6.01. The number of hydrogen-bond donors (Lipinski definition) is 3. The SMILES string of the molecule is CNC(=O)C(C)(C)CNc1nc2c(s1)CCCC2C(=O)O. The third-order valence-corrected chi connectivity index (χ3v) is 4.86. The molecule has 116 valence electrons. The van der Waals surface area contributed by atoms with Crippen LogP contribution >= 0.6 is 11.3 Å². The lowest BCUT2D eigenvalue weighted by Crippen LogP contribution is -2.39. The highest BCUT2D eigenvalue weighted by molar-refractivity contribution is 7.15. The van der Waals surface area contributed by atoms with Crippen LogP contribution in [0.1, 0.15) is 43.2 Å². The molecule has 0 saturated heterocycles. The van der Waals surface area contributed by atoms with E-state index in [9.17, 15) is 14.7 Å². The minimum Gasteiger partial charge on any atom is -0.481 e. The number of aromatic nitrogens is 1. The quantitative estimate of drug-likeness (QED) is 0.771. The Hall–Kier alpha value is -1.63. The topological polar surface area (TPSA) is 91.3 Å². The van der Waals surface area contributed by atoms with E-state index in [1.807, 2.05) is 13.8 Å². The average Bonchev–Trinajstić information content (AvgIpc) is 2.86. The number of nitrogens with one attached hydrogen (secondary N) is 2. The van der Waals surface area contributed by atoms with Gasteiger partial charge in [0.2, 0.25) is 5.91 Å². The molecule has 1 aliphatic carbocycles. The lowest BCUT2D eigenvalue weighted by atomic mass is 9.91. The average molecular weight is 311 g/mol. The number of carbonyl (C=O) groups is 2. The Morgan fingerprint density at radius 3 is 2.81 bits per heavy atom. The van der Waals surface area contributed by atoms with E-state index >= 15 is 0 Å². The van der Waals surface area contributed by atoms with Crippen molar-refractivity contribution in [2.24, 2.45) is 5.41 Å². The van der Waals surface area contributed by atoms with Crippen LogP contribution < -0.4 is 10.6 Å². The Kier molecular flexibility index (Phi) is 4.51. The van der Waals surface area contributed by atoms with Crippen LogP contribution in [-0.2, 0) is 16.0 Å². The maximum absolute atomic E-state index is 11.7. The first kappa shape index (κ1) is 15.8. The van der Waals surface area contributed by atoms with Gasteiger partial charge in [0.15, 0.2) is 5.13 Å². The van der Waals surface area contributed by atoms with Gasteiger partial charge in [-0.15, -0.1) is 11.3 Å². The fraction of sp³-hybridized carbons (Fsp3) is 0.643. The molecule has 0 aliphatic heterocycles. The van der Waals surface area contributed by atoms with Gasteiger partial charge in [-0.25, -0.2) is 4.98 Å². The zero-order valence-electron chi connectivity index (χ0n) is 12.5. The summed E-state index contributed by atoms with van der Waals surface area (Å²) in [5.74, 6) is -1.34. The Balaban J connectivity index is 2.10. The molecule has 1 aromatic heterocycles. The van der Waals surface area contributed by atoms with E-state index in [2.05, 4.69) is 15.6 Å². The van der Waals surface area contributed by atoms with Crippen LogP contribution in [0.15, 0.2) is 0 Å². The van der Waals surface area contributed by atoms with Crippen LogP contribution in [0.5, 0.6) is 0 Å². The number of rotatable bonds is 5. The Labute approximate surface area is 128 Å². The normalized spacial score (nSPS) is 18.0. The summed E-state index contributed by atoms with van der Waals surface area (Å²) in [4.78, 5) is 28.5. The van der Waals surface area contributed by atoms with Crippen LogP contribution in [0.4, 0.5) is 5.13 Å². The molecule has 1 unspecified atom stereocenters. The number of hydrogen-bond acceptors (Lipinski definition) is 5. The maximum Gasteiger partial charge on any atom is 0.312 e. The lowest BCUT2D eigenvalue weighted by molar-refractivity contribution is -0.139. The molecule has 0 aromatic carbocycles. The Morgan fingerprint density at radius 2 is 2.19 bits per heavy atom. The minimum absolute atomic E-state index is 0.0419. The third kappa shape index (κ3) is 3.34. The third-order valence-electron chi connectivity index (χ3n) is 3.78. The maximum atomic E-state index is 11.7. The van der Waals surface area contributed by atoms with E-state index in [0.717, 1.165) is 17.7 Å². The summed E-state index contributed by atoms with van der Waals surface area (Å²) in [6, 6.07) is 0. The number of anilines is 1. The lowest BCUT2D eigenvalue weighted by Gasteiger charge is -2.22. The molecule has 1 heterocycles. The molecule has 0 fully saturated rings.